The van der Waals surface area contributed by atoms with Crippen molar-refractivity contribution in [1.82, 2.24) is 0 Å². The van der Waals surface area contributed by atoms with Gasteiger partial charge >= 0.3 is 5.97 Å². The lowest BCUT2D eigenvalue weighted by atomic mass is 9.77. The fourth-order valence-corrected chi connectivity index (χ4v) is 7.34. The average Bonchev–Trinajstić information content (AvgIpc) is 2.90. The first-order valence-electron chi connectivity index (χ1n) is 7.68. The van der Waals surface area contributed by atoms with Crippen LogP contribution in [0.15, 0.2) is 21.2 Å². The van der Waals surface area contributed by atoms with Crippen LogP contribution < -0.4 is 0 Å². The number of halogens is 9. The molecule has 1 aromatic rings. The first-order valence-corrected chi connectivity index (χ1v) is 11.1. The summed E-state index contributed by atoms with van der Waals surface area (Å²) in [7, 11) is 1.05. The number of fused-ring (bicyclic) bond motifs is 5. The minimum atomic E-state index is -2.24. The summed E-state index contributed by atoms with van der Waals surface area (Å²) in [5.41, 5.74) is -2.25. The van der Waals surface area contributed by atoms with E-state index in [4.69, 9.17) is 104 Å². The Morgan fingerprint density at radius 2 is 1.17 bits per heavy atom. The summed E-state index contributed by atoms with van der Waals surface area (Å²) < 4.78 is 2.45. The van der Waals surface area contributed by atoms with Crippen LogP contribution in [0.3, 0.4) is 0 Å². The van der Waals surface area contributed by atoms with Gasteiger partial charge in [0.15, 0.2) is 15.9 Å². The van der Waals surface area contributed by atoms with E-state index in [-0.39, 0.29) is 20.1 Å². The molecule has 0 fully saturated rings. The van der Waals surface area contributed by atoms with E-state index in [1.807, 2.05) is 0 Å². The number of esters is 1. The van der Waals surface area contributed by atoms with Gasteiger partial charge in [-0.05, 0) is 0 Å². The second-order valence-electron chi connectivity index (χ2n) is 6.49. The van der Waals surface area contributed by atoms with Gasteiger partial charge in [0.05, 0.1) is 48.9 Å². The Morgan fingerprint density at radius 1 is 0.733 bits per heavy atom. The molecule has 0 saturated carbocycles. The maximum absolute atomic E-state index is 13.6. The molecule has 0 amide bonds. The first kappa shape index (κ1) is 23.3. The number of benzene rings is 1. The summed E-state index contributed by atoms with van der Waals surface area (Å²) in [6, 6.07) is 0. The number of allylic oxidation sites excluding steroid dienone is 4. The number of ether oxygens (including phenoxy) is 1. The monoisotopic (exact) mass is 586 g/mol. The number of Topliss-reactive ketones (excluding diaryl/α,β-unsaturated/α-hetero) is 2. The molecule has 0 radical (unpaired) electrons. The predicted molar refractivity (Wildman–Crippen MR) is 119 cm³/mol. The van der Waals surface area contributed by atoms with Crippen molar-refractivity contribution < 1.29 is 19.1 Å². The van der Waals surface area contributed by atoms with Crippen molar-refractivity contribution in [1.29, 1.82) is 0 Å². The Labute approximate surface area is 213 Å². The van der Waals surface area contributed by atoms with Gasteiger partial charge in [-0.2, -0.15) is 0 Å². The van der Waals surface area contributed by atoms with Crippen LogP contribution in [0.25, 0.3) is 0 Å². The van der Waals surface area contributed by atoms with Crippen LogP contribution >= 0.6 is 104 Å². The standard InChI is InChI=1S/C17H3Cl9O4/c1-30-14(29)4-2-3(7(18)9(20)8(4)19)11(28)6-5(10(2)27)15(23)12(21)13(22)16(6,24)17(15,25)26/h1H3. The molecule has 4 nitrogen and oxygen atoms in total. The Morgan fingerprint density at radius 3 is 1.60 bits per heavy atom. The van der Waals surface area contributed by atoms with Crippen LogP contribution in [0.4, 0.5) is 0 Å². The Kier molecular flexibility index (Phi) is 5.29. The van der Waals surface area contributed by atoms with Crippen molar-refractivity contribution in [2.45, 2.75) is 14.1 Å². The zero-order valence-electron chi connectivity index (χ0n) is 14.0. The highest BCUT2D eigenvalue weighted by Gasteiger charge is 2.81. The average molecular weight is 590 g/mol. The maximum Gasteiger partial charge on any atom is 0.340 e. The lowest BCUT2D eigenvalue weighted by Crippen LogP contribution is -2.46. The number of carbonyl (C=O) groups is 3. The Balaban J connectivity index is 2.17. The highest BCUT2D eigenvalue weighted by Crippen LogP contribution is 2.75. The van der Waals surface area contributed by atoms with Crippen LogP contribution in [0.5, 0.6) is 0 Å². The molecule has 4 rings (SSSR count). The highest BCUT2D eigenvalue weighted by molar-refractivity contribution is 6.70. The van der Waals surface area contributed by atoms with Crippen molar-refractivity contribution in [2.24, 2.45) is 0 Å². The molecule has 0 spiro atoms. The molecule has 2 atom stereocenters. The summed E-state index contributed by atoms with van der Waals surface area (Å²) in [5, 5.41) is -1.79. The lowest BCUT2D eigenvalue weighted by molar-refractivity contribution is 0.0597. The summed E-state index contributed by atoms with van der Waals surface area (Å²) in [5.74, 6) is -2.92. The molecule has 30 heavy (non-hydrogen) atoms. The number of ketones is 2. The molecule has 1 aromatic carbocycles. The molecule has 0 heterocycles. The van der Waals surface area contributed by atoms with Gasteiger partial charge < -0.3 is 4.74 Å². The Hall–Kier alpha value is 0.120. The number of hydrogen-bond donors (Lipinski definition) is 0. The van der Waals surface area contributed by atoms with Gasteiger partial charge in [0, 0.05) is 11.1 Å². The smallest absolute Gasteiger partial charge is 0.340 e. The van der Waals surface area contributed by atoms with E-state index in [2.05, 4.69) is 4.74 Å². The minimum Gasteiger partial charge on any atom is -0.465 e. The van der Waals surface area contributed by atoms with Crippen LogP contribution in [0, 0.1) is 0 Å². The van der Waals surface area contributed by atoms with Gasteiger partial charge in [0.2, 0.25) is 0 Å². The molecule has 0 aliphatic heterocycles. The largest absolute Gasteiger partial charge is 0.465 e. The SMILES string of the molecule is COC(=O)c1c(Cl)c(Cl)c(Cl)c2c1C(=O)C1=C(C2=O)C2(Cl)C(Cl)=C(Cl)C1(Cl)C2(Cl)Cl. The topological polar surface area (TPSA) is 60.4 Å². The van der Waals surface area contributed by atoms with Crippen LogP contribution in [-0.2, 0) is 4.74 Å². The molecule has 3 aliphatic rings. The minimum absolute atomic E-state index is 0.321. The quantitative estimate of drug-likeness (QED) is 0.202. The van der Waals surface area contributed by atoms with Gasteiger partial charge in [0.1, 0.15) is 9.75 Å². The van der Waals surface area contributed by atoms with E-state index >= 15 is 0 Å². The molecular formula is C17H3Cl9O4. The summed E-state index contributed by atoms with van der Waals surface area (Å²) in [4.78, 5) is 35.2. The fourth-order valence-electron chi connectivity index (χ4n) is 3.88. The van der Waals surface area contributed by atoms with Gasteiger partial charge in [0.25, 0.3) is 0 Å². The second-order valence-corrected chi connectivity index (χ2v) is 10.8. The van der Waals surface area contributed by atoms with Crippen molar-refractivity contribution in [3.05, 3.63) is 53.0 Å². The van der Waals surface area contributed by atoms with E-state index in [1.54, 1.807) is 0 Å². The first-order chi connectivity index (χ1) is 13.7. The molecule has 3 aliphatic carbocycles. The molecule has 2 unspecified atom stereocenters. The molecule has 0 N–H and O–H groups in total. The van der Waals surface area contributed by atoms with Crippen LogP contribution in [0.1, 0.15) is 31.1 Å². The number of alkyl halides is 4. The van der Waals surface area contributed by atoms with Crippen molar-refractivity contribution in [3.63, 3.8) is 0 Å². The van der Waals surface area contributed by atoms with E-state index in [0.29, 0.717) is 0 Å². The zero-order chi connectivity index (χ0) is 22.7. The maximum atomic E-state index is 13.6. The molecular weight excluding hydrogens is 587 g/mol. The van der Waals surface area contributed by atoms with Gasteiger partial charge in [-0.3, -0.25) is 9.59 Å². The summed E-state index contributed by atoms with van der Waals surface area (Å²) in [6.45, 7) is 0. The third-order valence-corrected chi connectivity index (χ3v) is 10.6. The highest BCUT2D eigenvalue weighted by atomic mass is 35.5. The van der Waals surface area contributed by atoms with Crippen LogP contribution in [-0.4, -0.2) is 38.7 Å². The van der Waals surface area contributed by atoms with E-state index in [9.17, 15) is 14.4 Å². The molecule has 0 saturated heterocycles. The fraction of sp³-hybridized carbons (Fsp3) is 0.235. The molecule has 2 bridgehead atoms. The summed E-state index contributed by atoms with van der Waals surface area (Å²) in [6.07, 6.45) is 0. The second kappa shape index (κ2) is 6.82. The number of methoxy groups -OCH3 is 1. The lowest BCUT2D eigenvalue weighted by Gasteiger charge is -2.32. The van der Waals surface area contributed by atoms with Crippen molar-refractivity contribution >= 4 is 122 Å². The zero-order valence-corrected chi connectivity index (χ0v) is 20.8. The molecule has 13 heteroatoms. The van der Waals surface area contributed by atoms with Crippen molar-refractivity contribution in [3.8, 4) is 0 Å². The molecule has 158 valence electrons. The normalized spacial score (nSPS) is 28.9. The van der Waals surface area contributed by atoms with E-state index in [1.165, 1.54) is 0 Å². The van der Waals surface area contributed by atoms with Crippen molar-refractivity contribution in [2.75, 3.05) is 7.11 Å². The summed E-state index contributed by atoms with van der Waals surface area (Å²) >= 11 is 57.2. The van der Waals surface area contributed by atoms with Gasteiger partial charge in [-0.25, -0.2) is 4.79 Å². The van der Waals surface area contributed by atoms with E-state index < -0.39 is 64.5 Å². The van der Waals surface area contributed by atoms with Gasteiger partial charge in [-0.15, -0.1) is 23.2 Å². The third kappa shape index (κ3) is 2.24. The number of rotatable bonds is 1. The van der Waals surface area contributed by atoms with Crippen LogP contribution in [0.2, 0.25) is 15.1 Å². The van der Waals surface area contributed by atoms with Gasteiger partial charge in [-0.1, -0.05) is 81.2 Å². The number of carbonyl (C=O) groups excluding carboxylic acids is 3. The third-order valence-electron chi connectivity index (χ3n) is 5.22. The molecule has 0 aromatic heterocycles. The predicted octanol–water partition coefficient (Wildman–Crippen LogP) is 6.95. The van der Waals surface area contributed by atoms with E-state index in [0.717, 1.165) is 7.11 Å². The number of hydrogen-bond acceptors (Lipinski definition) is 4. The Bertz CT molecular complexity index is 1200.